The van der Waals surface area contributed by atoms with Crippen LogP contribution in [-0.4, -0.2) is 10.2 Å². The van der Waals surface area contributed by atoms with Crippen molar-refractivity contribution in [2.24, 2.45) is 0 Å². The van der Waals surface area contributed by atoms with E-state index in [1.54, 1.807) is 0 Å². The Kier molecular flexibility index (Phi) is 8.09. The van der Waals surface area contributed by atoms with E-state index >= 15 is 0 Å². The minimum atomic E-state index is 0. The third-order valence-corrected chi connectivity index (χ3v) is 3.00. The summed E-state index contributed by atoms with van der Waals surface area (Å²) in [6.45, 7) is 6.66. The van der Waals surface area contributed by atoms with Gasteiger partial charge in [0.05, 0.1) is 0 Å². The molecule has 92 valence electrons. The first-order valence-corrected chi connectivity index (χ1v) is 5.47. The number of H-pyrrole nitrogens is 1. The van der Waals surface area contributed by atoms with E-state index < -0.39 is 0 Å². The van der Waals surface area contributed by atoms with Crippen molar-refractivity contribution >= 4 is 14.9 Å². The Morgan fingerprint density at radius 3 is 2.24 bits per heavy atom. The van der Waals surface area contributed by atoms with Crippen LogP contribution in [0.25, 0.3) is 10.9 Å². The van der Waals surface area contributed by atoms with Gasteiger partial charge in [0.2, 0.25) is 0 Å². The van der Waals surface area contributed by atoms with Gasteiger partial charge in [0.1, 0.15) is 0 Å². The van der Waals surface area contributed by atoms with Crippen LogP contribution < -0.4 is 41.2 Å². The van der Waals surface area contributed by atoms with Crippen LogP contribution in [-0.2, 0) is 25.9 Å². The first-order valence-electron chi connectivity index (χ1n) is 4.69. The van der Waals surface area contributed by atoms with E-state index in [2.05, 4.69) is 49.2 Å². The van der Waals surface area contributed by atoms with Crippen molar-refractivity contribution in [1.82, 2.24) is 10.2 Å². The number of halogens is 3. The summed E-state index contributed by atoms with van der Waals surface area (Å²) in [7, 11) is 0. The van der Waals surface area contributed by atoms with Crippen molar-refractivity contribution in [3.63, 3.8) is 0 Å². The first-order chi connectivity index (χ1) is 6.50. The van der Waals surface area contributed by atoms with E-state index in [-0.39, 0.29) is 42.6 Å². The Hall–Kier alpha value is 0.274. The Balaban J connectivity index is 0. The summed E-state index contributed by atoms with van der Waals surface area (Å²) in [5.74, 6) is 0. The quantitative estimate of drug-likeness (QED) is 0.479. The van der Waals surface area contributed by atoms with E-state index in [1.165, 1.54) is 16.5 Å². The monoisotopic (exact) mass is 326 g/mol. The summed E-state index contributed by atoms with van der Waals surface area (Å²) < 4.78 is 1.08. The zero-order chi connectivity index (χ0) is 10.3. The van der Waals surface area contributed by atoms with Gasteiger partial charge in [-0.3, -0.25) is 0 Å². The number of hydrogen-bond acceptors (Lipinski definition) is 1. The average molecular weight is 327 g/mol. The normalized spacial score (nSPS) is 10.2. The van der Waals surface area contributed by atoms with Gasteiger partial charge in [-0.15, -0.1) is 0 Å². The summed E-state index contributed by atoms with van der Waals surface area (Å²) >= 11 is 2.03. The van der Waals surface area contributed by atoms with Crippen LogP contribution in [0.4, 0.5) is 0 Å². The molecule has 0 aliphatic carbocycles. The Bertz CT molecular complexity index is 477. The summed E-state index contributed by atoms with van der Waals surface area (Å²) in [5, 5.41) is 8.59. The molecule has 0 spiro atoms. The SMILES string of the molecule is CC(C)(C)c1cccc2[c]([Ti+3])n[nH]c12.[Cl-].[Cl-].[Cl-]. The van der Waals surface area contributed by atoms with E-state index in [0.717, 1.165) is 4.00 Å². The van der Waals surface area contributed by atoms with E-state index in [1.807, 2.05) is 20.4 Å². The molecule has 1 aromatic carbocycles. The number of hydrogen-bond donors (Lipinski definition) is 1. The van der Waals surface area contributed by atoms with Crippen LogP contribution in [0.1, 0.15) is 26.3 Å². The molecule has 0 radical (unpaired) electrons. The maximum atomic E-state index is 4.24. The minimum Gasteiger partial charge on any atom is -1.00 e. The molecule has 0 saturated carbocycles. The molecule has 0 amide bonds. The van der Waals surface area contributed by atoms with Crippen LogP contribution in [0.2, 0.25) is 0 Å². The van der Waals surface area contributed by atoms with Crippen molar-refractivity contribution in [1.29, 1.82) is 0 Å². The largest absolute Gasteiger partial charge is 1.00 e. The molecule has 1 N–H and O–H groups in total. The number of aromatic nitrogens is 2. The molecule has 0 bridgehead atoms. The van der Waals surface area contributed by atoms with Gasteiger partial charge in [0.25, 0.3) is 0 Å². The van der Waals surface area contributed by atoms with Crippen LogP contribution >= 0.6 is 0 Å². The zero-order valence-corrected chi connectivity index (χ0v) is 13.6. The maximum absolute atomic E-state index is 4.24. The van der Waals surface area contributed by atoms with Crippen molar-refractivity contribution < 1.29 is 57.7 Å². The molecular weight excluding hydrogens is 314 g/mol. The Morgan fingerprint density at radius 1 is 1.12 bits per heavy atom. The molecule has 2 aromatic rings. The van der Waals surface area contributed by atoms with E-state index in [0.29, 0.717) is 0 Å². The summed E-state index contributed by atoms with van der Waals surface area (Å²) in [6, 6.07) is 6.38. The number of rotatable bonds is 0. The second kappa shape index (κ2) is 7.01. The summed E-state index contributed by atoms with van der Waals surface area (Å²) in [4.78, 5) is 0. The topological polar surface area (TPSA) is 28.7 Å². The van der Waals surface area contributed by atoms with Gasteiger partial charge in [-0.05, 0) is 0 Å². The third-order valence-electron chi connectivity index (χ3n) is 2.41. The number of benzene rings is 1. The summed E-state index contributed by atoms with van der Waals surface area (Å²) in [6.07, 6.45) is 0. The molecule has 0 atom stereocenters. The van der Waals surface area contributed by atoms with Crippen LogP contribution in [0.15, 0.2) is 18.2 Å². The smallest absolute Gasteiger partial charge is 1.00 e. The molecule has 1 aromatic heterocycles. The van der Waals surface area contributed by atoms with Gasteiger partial charge < -0.3 is 37.2 Å². The molecule has 2 rings (SSSR count). The molecule has 6 heteroatoms. The second-order valence-corrected chi connectivity index (χ2v) is 5.29. The molecule has 1 heterocycles. The van der Waals surface area contributed by atoms with Gasteiger partial charge in [-0.2, -0.15) is 0 Å². The van der Waals surface area contributed by atoms with Crippen molar-refractivity contribution in [2.75, 3.05) is 0 Å². The number of nitrogens with zero attached hydrogens (tertiary/aromatic N) is 1. The van der Waals surface area contributed by atoms with Crippen LogP contribution in [0.5, 0.6) is 0 Å². The average Bonchev–Trinajstić information content (AvgIpc) is 2.46. The van der Waals surface area contributed by atoms with Gasteiger partial charge in [-0.25, -0.2) is 0 Å². The van der Waals surface area contributed by atoms with Crippen molar-refractivity contribution in [3.8, 4) is 0 Å². The fourth-order valence-corrected chi connectivity index (χ4v) is 2.08. The molecule has 0 aliphatic heterocycles. The second-order valence-electron chi connectivity index (χ2n) is 4.55. The van der Waals surface area contributed by atoms with Crippen LogP contribution in [0.3, 0.4) is 0 Å². The summed E-state index contributed by atoms with van der Waals surface area (Å²) in [5.41, 5.74) is 2.67. The third kappa shape index (κ3) is 3.87. The fraction of sp³-hybridized carbons (Fsp3) is 0.364. The molecule has 17 heavy (non-hydrogen) atoms. The Morgan fingerprint density at radius 2 is 1.71 bits per heavy atom. The molecule has 0 fully saturated rings. The standard InChI is InChI=1S/C11H13N2.3ClH.Ti/c1-11(2,3)9-6-4-5-8-7-12-13-10(8)9;;;;/h4-6H,1-3H3,(H,12,13);3*1H;/q;;;;+3/p-3. The van der Waals surface area contributed by atoms with Crippen LogP contribution in [0, 0.1) is 0 Å². The van der Waals surface area contributed by atoms with Crippen molar-refractivity contribution in [2.45, 2.75) is 26.2 Å². The molecule has 0 saturated heterocycles. The number of para-hydroxylation sites is 1. The van der Waals surface area contributed by atoms with E-state index in [9.17, 15) is 0 Å². The molecule has 2 nitrogen and oxygen atoms in total. The molecule has 0 unspecified atom stereocenters. The fourth-order valence-electron chi connectivity index (χ4n) is 1.67. The Labute approximate surface area is 132 Å². The molecule has 0 aliphatic rings. The molecular formula is C11H13Cl3N2Ti. The van der Waals surface area contributed by atoms with Gasteiger partial charge >= 0.3 is 95.5 Å². The van der Waals surface area contributed by atoms with Gasteiger partial charge in [0.15, 0.2) is 0 Å². The van der Waals surface area contributed by atoms with Gasteiger partial charge in [0, 0.05) is 0 Å². The number of nitrogens with one attached hydrogen (secondary N) is 1. The predicted octanol–water partition coefficient (Wildman–Crippen LogP) is -6.96. The van der Waals surface area contributed by atoms with E-state index in [4.69, 9.17) is 0 Å². The number of aromatic amines is 1. The van der Waals surface area contributed by atoms with Crippen molar-refractivity contribution in [3.05, 3.63) is 23.8 Å². The zero-order valence-electron chi connectivity index (χ0n) is 9.81. The number of fused-ring (bicyclic) bond motifs is 1. The predicted molar refractivity (Wildman–Crippen MR) is 54.4 cm³/mol. The van der Waals surface area contributed by atoms with Gasteiger partial charge in [-0.1, -0.05) is 0 Å². The maximum Gasteiger partial charge on any atom is -1.00 e. The first kappa shape index (κ1) is 19.6. The minimum absolute atomic E-state index is 0.